The van der Waals surface area contributed by atoms with Crippen LogP contribution in [0.5, 0.6) is 5.75 Å². The number of carbonyl (C=O) groups is 1. The van der Waals surface area contributed by atoms with E-state index in [4.69, 9.17) is 4.74 Å². The van der Waals surface area contributed by atoms with E-state index in [2.05, 4.69) is 5.32 Å². The van der Waals surface area contributed by atoms with Gasteiger partial charge < -0.3 is 15.2 Å². The molecule has 0 heterocycles. The van der Waals surface area contributed by atoms with Crippen LogP contribution in [0.1, 0.15) is 18.4 Å². The summed E-state index contributed by atoms with van der Waals surface area (Å²) in [5.41, 5.74) is 1.01. The fourth-order valence-corrected chi connectivity index (χ4v) is 2.30. The van der Waals surface area contributed by atoms with Gasteiger partial charge in [-0.05, 0) is 28.5 Å². The number of amides is 1. The number of nitrogens with one attached hydrogen (secondary N) is 1. The van der Waals surface area contributed by atoms with Crippen LogP contribution in [0.2, 0.25) is 0 Å². The first-order valence-corrected chi connectivity index (χ1v) is 6.57. The van der Waals surface area contributed by atoms with Gasteiger partial charge in [-0.3, -0.25) is 4.79 Å². The van der Waals surface area contributed by atoms with Crippen molar-refractivity contribution in [2.24, 2.45) is 0 Å². The average molecular weight is 273 g/mol. The summed E-state index contributed by atoms with van der Waals surface area (Å²) >= 11 is 0. The summed E-state index contributed by atoms with van der Waals surface area (Å²) in [6.45, 7) is 1.87. The van der Waals surface area contributed by atoms with Crippen molar-refractivity contribution in [1.29, 1.82) is 0 Å². The number of benzene rings is 2. The molecule has 106 valence electrons. The molecule has 1 amide bonds. The molecule has 2 aromatic rings. The van der Waals surface area contributed by atoms with Crippen LogP contribution in [0, 0.1) is 0 Å². The molecule has 0 fully saturated rings. The first-order valence-electron chi connectivity index (χ1n) is 6.57. The van der Waals surface area contributed by atoms with Gasteiger partial charge in [-0.1, -0.05) is 24.3 Å². The Morgan fingerprint density at radius 1 is 1.35 bits per heavy atom. The van der Waals surface area contributed by atoms with Gasteiger partial charge in [0.25, 0.3) is 0 Å². The van der Waals surface area contributed by atoms with Gasteiger partial charge in [0.15, 0.2) is 0 Å². The minimum absolute atomic E-state index is 0.0173. The van der Waals surface area contributed by atoms with Crippen molar-refractivity contribution in [3.8, 4) is 5.75 Å². The Labute approximate surface area is 118 Å². The van der Waals surface area contributed by atoms with Gasteiger partial charge >= 0.3 is 0 Å². The Hall–Kier alpha value is -2.07. The summed E-state index contributed by atoms with van der Waals surface area (Å²) in [6, 6.07) is 11.8. The van der Waals surface area contributed by atoms with Crippen LogP contribution in [0.15, 0.2) is 36.4 Å². The molecule has 0 spiro atoms. The zero-order valence-electron chi connectivity index (χ0n) is 11.7. The number of rotatable bonds is 5. The standard InChI is InChI=1S/C16H19NO3/c1-11(19)17-9-13(10-18)15-5-3-4-12-6-7-14(20-2)8-16(12)15/h3-8,13,18H,9-10H2,1-2H3,(H,17,19)/t13-/m0/s1. The third kappa shape index (κ3) is 3.08. The predicted octanol–water partition coefficient (Wildman–Crippen LogP) is 2.06. The lowest BCUT2D eigenvalue weighted by Crippen LogP contribution is -2.27. The Morgan fingerprint density at radius 2 is 2.15 bits per heavy atom. The fourth-order valence-electron chi connectivity index (χ4n) is 2.30. The molecule has 2 rings (SSSR count). The highest BCUT2D eigenvalue weighted by Gasteiger charge is 2.14. The SMILES string of the molecule is COc1ccc2cccc([C@H](CO)CNC(C)=O)c2c1. The Kier molecular flexibility index (Phi) is 4.58. The predicted molar refractivity (Wildman–Crippen MR) is 79.0 cm³/mol. The molecule has 0 aromatic heterocycles. The topological polar surface area (TPSA) is 58.6 Å². The van der Waals surface area contributed by atoms with Gasteiger partial charge in [-0.2, -0.15) is 0 Å². The van der Waals surface area contributed by atoms with Gasteiger partial charge in [-0.25, -0.2) is 0 Å². The number of hydrogen-bond acceptors (Lipinski definition) is 3. The molecule has 2 N–H and O–H groups in total. The molecule has 0 aliphatic heterocycles. The first-order chi connectivity index (χ1) is 9.65. The van der Waals surface area contributed by atoms with E-state index in [9.17, 15) is 9.90 Å². The summed E-state index contributed by atoms with van der Waals surface area (Å²) in [7, 11) is 1.63. The van der Waals surface area contributed by atoms with Crippen LogP contribution in [-0.2, 0) is 4.79 Å². The third-order valence-electron chi connectivity index (χ3n) is 3.38. The van der Waals surface area contributed by atoms with Gasteiger partial charge in [0.2, 0.25) is 5.91 Å². The molecule has 0 bridgehead atoms. The van der Waals surface area contributed by atoms with E-state index in [1.807, 2.05) is 36.4 Å². The summed E-state index contributed by atoms with van der Waals surface area (Å²) < 4.78 is 5.26. The van der Waals surface area contributed by atoms with Crippen molar-refractivity contribution in [2.75, 3.05) is 20.3 Å². The van der Waals surface area contributed by atoms with Crippen molar-refractivity contribution in [1.82, 2.24) is 5.32 Å². The molecule has 4 nitrogen and oxygen atoms in total. The van der Waals surface area contributed by atoms with E-state index >= 15 is 0 Å². The largest absolute Gasteiger partial charge is 0.497 e. The first kappa shape index (κ1) is 14.3. The van der Waals surface area contributed by atoms with Gasteiger partial charge in [0, 0.05) is 19.4 Å². The minimum Gasteiger partial charge on any atom is -0.497 e. The summed E-state index contributed by atoms with van der Waals surface area (Å²) in [5.74, 6) is 0.553. The number of hydrogen-bond donors (Lipinski definition) is 2. The highest BCUT2D eigenvalue weighted by atomic mass is 16.5. The molecule has 2 aromatic carbocycles. The Morgan fingerprint density at radius 3 is 2.80 bits per heavy atom. The molecule has 0 saturated heterocycles. The molecular weight excluding hydrogens is 254 g/mol. The number of aliphatic hydroxyl groups is 1. The van der Waals surface area contributed by atoms with Crippen molar-refractivity contribution >= 4 is 16.7 Å². The van der Waals surface area contributed by atoms with Crippen LogP contribution in [0.25, 0.3) is 10.8 Å². The molecule has 0 aliphatic carbocycles. The fraction of sp³-hybridized carbons (Fsp3) is 0.312. The lowest BCUT2D eigenvalue weighted by molar-refractivity contribution is -0.119. The lowest BCUT2D eigenvalue weighted by Gasteiger charge is -2.17. The second-order valence-electron chi connectivity index (χ2n) is 4.75. The molecule has 4 heteroatoms. The molecular formula is C16H19NO3. The third-order valence-corrected chi connectivity index (χ3v) is 3.38. The van der Waals surface area contributed by atoms with Crippen LogP contribution in [0.3, 0.4) is 0 Å². The van der Waals surface area contributed by atoms with Crippen LogP contribution < -0.4 is 10.1 Å². The van der Waals surface area contributed by atoms with E-state index < -0.39 is 0 Å². The van der Waals surface area contributed by atoms with Crippen LogP contribution >= 0.6 is 0 Å². The lowest BCUT2D eigenvalue weighted by atomic mass is 9.93. The van der Waals surface area contributed by atoms with Crippen LogP contribution in [0.4, 0.5) is 0 Å². The van der Waals surface area contributed by atoms with Crippen molar-refractivity contribution in [3.63, 3.8) is 0 Å². The average Bonchev–Trinajstić information content (AvgIpc) is 2.47. The maximum atomic E-state index is 11.0. The maximum absolute atomic E-state index is 11.0. The van der Waals surface area contributed by atoms with Crippen molar-refractivity contribution < 1.29 is 14.6 Å². The molecule has 20 heavy (non-hydrogen) atoms. The van der Waals surface area contributed by atoms with Crippen molar-refractivity contribution in [3.05, 3.63) is 42.0 Å². The molecule has 0 aliphatic rings. The highest BCUT2D eigenvalue weighted by Crippen LogP contribution is 2.28. The molecule has 0 unspecified atom stereocenters. The zero-order chi connectivity index (χ0) is 14.5. The second kappa shape index (κ2) is 6.39. The van der Waals surface area contributed by atoms with Crippen LogP contribution in [-0.4, -0.2) is 31.3 Å². The number of aliphatic hydroxyl groups excluding tert-OH is 1. The Bertz CT molecular complexity index is 610. The summed E-state index contributed by atoms with van der Waals surface area (Å²) in [5, 5.41) is 14.5. The normalized spacial score (nSPS) is 12.2. The minimum atomic E-state index is -0.130. The van der Waals surface area contributed by atoms with E-state index in [-0.39, 0.29) is 18.4 Å². The second-order valence-corrected chi connectivity index (χ2v) is 4.75. The van der Waals surface area contributed by atoms with E-state index in [0.717, 1.165) is 22.1 Å². The molecule has 1 atom stereocenters. The molecule has 0 saturated carbocycles. The Balaban J connectivity index is 2.42. The summed E-state index contributed by atoms with van der Waals surface area (Å²) in [6.07, 6.45) is 0. The monoisotopic (exact) mass is 273 g/mol. The number of methoxy groups -OCH3 is 1. The van der Waals surface area contributed by atoms with E-state index in [1.54, 1.807) is 7.11 Å². The number of carbonyl (C=O) groups excluding carboxylic acids is 1. The zero-order valence-corrected chi connectivity index (χ0v) is 11.7. The number of fused-ring (bicyclic) bond motifs is 1. The van der Waals surface area contributed by atoms with E-state index in [1.165, 1.54) is 6.92 Å². The summed E-state index contributed by atoms with van der Waals surface area (Å²) in [4.78, 5) is 11.0. The maximum Gasteiger partial charge on any atom is 0.216 e. The quantitative estimate of drug-likeness (QED) is 0.876. The number of ether oxygens (including phenoxy) is 1. The highest BCUT2D eigenvalue weighted by molar-refractivity contribution is 5.87. The molecule has 0 radical (unpaired) electrons. The smallest absolute Gasteiger partial charge is 0.216 e. The van der Waals surface area contributed by atoms with Gasteiger partial charge in [-0.15, -0.1) is 0 Å². The van der Waals surface area contributed by atoms with Gasteiger partial charge in [0.1, 0.15) is 5.75 Å². The van der Waals surface area contributed by atoms with E-state index in [0.29, 0.717) is 6.54 Å². The van der Waals surface area contributed by atoms with Crippen molar-refractivity contribution in [2.45, 2.75) is 12.8 Å². The van der Waals surface area contributed by atoms with Gasteiger partial charge in [0.05, 0.1) is 13.7 Å².